The highest BCUT2D eigenvalue weighted by molar-refractivity contribution is 5.42. The van der Waals surface area contributed by atoms with E-state index >= 15 is 0 Å². The highest BCUT2D eigenvalue weighted by Gasteiger charge is 2.13. The van der Waals surface area contributed by atoms with Gasteiger partial charge in [0, 0.05) is 41.7 Å². The van der Waals surface area contributed by atoms with E-state index in [4.69, 9.17) is 5.11 Å². The van der Waals surface area contributed by atoms with Gasteiger partial charge in [-0.05, 0) is 38.5 Å². The van der Waals surface area contributed by atoms with E-state index in [1.165, 1.54) is 6.07 Å². The smallest absolute Gasteiger partial charge is 0.155 e. The quantitative estimate of drug-likeness (QED) is 0.756. The minimum atomic E-state index is -0.381. The summed E-state index contributed by atoms with van der Waals surface area (Å²) in [5.41, 5.74) is 5.12. The molecular formula is C18H21FN4O. The van der Waals surface area contributed by atoms with Crippen LogP contribution in [0.15, 0.2) is 30.5 Å². The Morgan fingerprint density at radius 1 is 1.29 bits per heavy atom. The monoisotopic (exact) mass is 328 g/mol. The maximum Gasteiger partial charge on any atom is 0.155 e. The minimum absolute atomic E-state index is 0.0639. The van der Waals surface area contributed by atoms with Gasteiger partial charge in [-0.15, -0.1) is 0 Å². The molecule has 2 N–H and O–H groups in total. The van der Waals surface area contributed by atoms with Gasteiger partial charge < -0.3 is 10.4 Å². The number of benzene rings is 1. The first-order chi connectivity index (χ1) is 11.5. The fraction of sp³-hybridized carbons (Fsp3) is 0.333. The molecule has 6 heteroatoms. The Labute approximate surface area is 140 Å². The molecular weight excluding hydrogens is 307 g/mol. The summed E-state index contributed by atoms with van der Waals surface area (Å²) in [5.74, 6) is -0.381. The Hall–Kier alpha value is -2.31. The Balaban J connectivity index is 1.77. The second-order valence-electron chi connectivity index (χ2n) is 6.04. The lowest BCUT2D eigenvalue weighted by molar-refractivity contribution is 0.275. The van der Waals surface area contributed by atoms with Crippen LogP contribution in [0.3, 0.4) is 0 Å². The van der Waals surface area contributed by atoms with Gasteiger partial charge in [-0.1, -0.05) is 6.07 Å². The van der Waals surface area contributed by atoms with Crippen molar-refractivity contribution in [1.29, 1.82) is 0 Å². The van der Waals surface area contributed by atoms with Gasteiger partial charge in [-0.2, -0.15) is 5.10 Å². The van der Waals surface area contributed by atoms with E-state index in [0.717, 1.165) is 28.2 Å². The third-order valence-electron chi connectivity index (χ3n) is 4.24. The van der Waals surface area contributed by atoms with Crippen LogP contribution in [0.1, 0.15) is 41.0 Å². The van der Waals surface area contributed by atoms with Gasteiger partial charge in [0.2, 0.25) is 0 Å². The number of aromatic nitrogens is 3. The number of fused-ring (bicyclic) bond motifs is 1. The summed E-state index contributed by atoms with van der Waals surface area (Å²) in [4.78, 5) is 4.46. The predicted octanol–water partition coefficient (Wildman–Crippen LogP) is 2.83. The van der Waals surface area contributed by atoms with E-state index in [9.17, 15) is 4.39 Å². The van der Waals surface area contributed by atoms with Crippen molar-refractivity contribution in [2.75, 3.05) is 0 Å². The van der Waals surface area contributed by atoms with Crippen molar-refractivity contribution in [3.63, 3.8) is 0 Å². The number of hydrogen-bond acceptors (Lipinski definition) is 4. The number of nitrogens with one attached hydrogen (secondary N) is 1. The van der Waals surface area contributed by atoms with Crippen LogP contribution in [-0.4, -0.2) is 19.7 Å². The molecule has 1 aromatic carbocycles. The van der Waals surface area contributed by atoms with Crippen molar-refractivity contribution in [1.82, 2.24) is 19.9 Å². The molecule has 0 aliphatic rings. The zero-order valence-corrected chi connectivity index (χ0v) is 14.0. The second kappa shape index (κ2) is 6.67. The molecule has 0 fully saturated rings. The van der Waals surface area contributed by atoms with Gasteiger partial charge in [-0.3, -0.25) is 0 Å². The number of halogens is 1. The standard InChI is InChI=1S/C18H21FN4O/c1-11-6-18-21-9-16(13(3)23(18)22-11)12(2)20-8-14-4-5-17(19)15(7-14)10-24/h4-7,9,12,20,24H,8,10H2,1-3H3. The van der Waals surface area contributed by atoms with E-state index in [1.807, 2.05) is 30.6 Å². The van der Waals surface area contributed by atoms with Crippen LogP contribution in [0, 0.1) is 19.7 Å². The lowest BCUT2D eigenvalue weighted by Crippen LogP contribution is -2.20. The lowest BCUT2D eigenvalue weighted by Gasteiger charge is -2.17. The minimum Gasteiger partial charge on any atom is -0.392 e. The van der Waals surface area contributed by atoms with Gasteiger partial charge in [-0.25, -0.2) is 13.9 Å². The summed E-state index contributed by atoms with van der Waals surface area (Å²) < 4.78 is 15.3. The molecule has 0 radical (unpaired) electrons. The fourth-order valence-corrected chi connectivity index (χ4v) is 2.84. The van der Waals surface area contributed by atoms with Crippen molar-refractivity contribution in [2.45, 2.75) is 40.0 Å². The topological polar surface area (TPSA) is 62.5 Å². The molecule has 5 nitrogen and oxygen atoms in total. The lowest BCUT2D eigenvalue weighted by atomic mass is 10.1. The van der Waals surface area contributed by atoms with Crippen molar-refractivity contribution < 1.29 is 9.50 Å². The number of aliphatic hydroxyl groups excluding tert-OH is 1. The molecule has 2 heterocycles. The number of hydrogen-bond donors (Lipinski definition) is 2. The average molecular weight is 328 g/mol. The van der Waals surface area contributed by atoms with Crippen LogP contribution in [-0.2, 0) is 13.2 Å². The summed E-state index contributed by atoms with van der Waals surface area (Å²) in [7, 11) is 0. The first-order valence-corrected chi connectivity index (χ1v) is 7.93. The van der Waals surface area contributed by atoms with Crippen LogP contribution in [0.2, 0.25) is 0 Å². The molecule has 0 aliphatic heterocycles. The molecule has 0 saturated carbocycles. The summed E-state index contributed by atoms with van der Waals surface area (Å²) in [6, 6.07) is 6.80. The molecule has 0 bridgehead atoms. The van der Waals surface area contributed by atoms with Gasteiger partial charge in [0.15, 0.2) is 5.65 Å². The Morgan fingerprint density at radius 3 is 2.83 bits per heavy atom. The van der Waals surface area contributed by atoms with Gasteiger partial charge in [0.1, 0.15) is 5.82 Å². The fourth-order valence-electron chi connectivity index (χ4n) is 2.84. The summed E-state index contributed by atoms with van der Waals surface area (Å²) in [5, 5.41) is 17.0. The van der Waals surface area contributed by atoms with Crippen molar-refractivity contribution >= 4 is 5.65 Å². The van der Waals surface area contributed by atoms with Crippen LogP contribution >= 0.6 is 0 Å². The van der Waals surface area contributed by atoms with E-state index in [1.54, 1.807) is 12.1 Å². The Bertz CT molecular complexity index is 875. The van der Waals surface area contributed by atoms with Crippen LogP contribution < -0.4 is 5.32 Å². The average Bonchev–Trinajstić information content (AvgIpc) is 2.95. The van der Waals surface area contributed by atoms with E-state index in [2.05, 4.69) is 22.3 Å². The molecule has 0 saturated heterocycles. The van der Waals surface area contributed by atoms with Crippen LogP contribution in [0.25, 0.3) is 5.65 Å². The van der Waals surface area contributed by atoms with Gasteiger partial charge in [0.25, 0.3) is 0 Å². The normalized spacial score (nSPS) is 12.7. The molecule has 1 unspecified atom stereocenters. The molecule has 24 heavy (non-hydrogen) atoms. The maximum atomic E-state index is 13.4. The predicted molar refractivity (Wildman–Crippen MR) is 90.0 cm³/mol. The summed E-state index contributed by atoms with van der Waals surface area (Å²) in [6.07, 6.45) is 1.87. The first-order valence-electron chi connectivity index (χ1n) is 7.93. The van der Waals surface area contributed by atoms with E-state index in [0.29, 0.717) is 12.1 Å². The van der Waals surface area contributed by atoms with Gasteiger partial charge >= 0.3 is 0 Å². The summed E-state index contributed by atoms with van der Waals surface area (Å²) >= 11 is 0. The molecule has 126 valence electrons. The third-order valence-corrected chi connectivity index (χ3v) is 4.24. The van der Waals surface area contributed by atoms with Crippen molar-refractivity contribution in [3.8, 4) is 0 Å². The summed E-state index contributed by atoms with van der Waals surface area (Å²) in [6.45, 7) is 6.31. The molecule has 3 aromatic rings. The van der Waals surface area contributed by atoms with Crippen molar-refractivity contribution in [2.24, 2.45) is 0 Å². The van der Waals surface area contributed by atoms with Crippen molar-refractivity contribution in [3.05, 3.63) is 64.4 Å². The molecule has 0 amide bonds. The largest absolute Gasteiger partial charge is 0.392 e. The molecule has 1 atom stereocenters. The zero-order valence-electron chi connectivity index (χ0n) is 14.0. The van der Waals surface area contributed by atoms with Crippen LogP contribution in [0.4, 0.5) is 4.39 Å². The van der Waals surface area contributed by atoms with Crippen LogP contribution in [0.5, 0.6) is 0 Å². The molecule has 0 spiro atoms. The number of rotatable bonds is 5. The highest BCUT2D eigenvalue weighted by Crippen LogP contribution is 2.19. The number of aliphatic hydroxyl groups is 1. The van der Waals surface area contributed by atoms with E-state index in [-0.39, 0.29) is 18.5 Å². The third kappa shape index (κ3) is 3.16. The molecule has 2 aromatic heterocycles. The SMILES string of the molecule is Cc1cc2ncc(C(C)NCc3ccc(F)c(CO)c3)c(C)n2n1. The maximum absolute atomic E-state index is 13.4. The number of aryl methyl sites for hydroxylation is 2. The Morgan fingerprint density at radius 2 is 2.08 bits per heavy atom. The molecule has 0 aliphatic carbocycles. The number of nitrogens with zero attached hydrogens (tertiary/aromatic N) is 3. The van der Waals surface area contributed by atoms with E-state index < -0.39 is 0 Å². The Kier molecular flexibility index (Phi) is 4.59. The zero-order chi connectivity index (χ0) is 17.3. The second-order valence-corrected chi connectivity index (χ2v) is 6.04. The molecule has 3 rings (SSSR count). The highest BCUT2D eigenvalue weighted by atomic mass is 19.1. The first kappa shape index (κ1) is 16.5. The van der Waals surface area contributed by atoms with Gasteiger partial charge in [0.05, 0.1) is 12.3 Å².